The number of piperidine rings is 1. The number of anilines is 1. The van der Waals surface area contributed by atoms with E-state index in [0.717, 1.165) is 30.6 Å². The standard InChI is InChI=1S/C23H24FN5O2/c1-16-11-26-29(13-16)15-22(30)28-10-2-3-18(14-28)21-9-4-17(12-25-21)23(31)27-20-7-5-19(24)6-8-20/h4-9,11-13,18H,2-3,10,14-15H2,1H3,(H,27,31)/t18-/m1/s1. The third-order valence-electron chi connectivity index (χ3n) is 5.40. The first-order chi connectivity index (χ1) is 15.0. The van der Waals surface area contributed by atoms with E-state index in [4.69, 9.17) is 0 Å². The van der Waals surface area contributed by atoms with Crippen LogP contribution in [-0.2, 0) is 11.3 Å². The molecule has 1 aliphatic rings. The Hall–Kier alpha value is -3.55. The second kappa shape index (κ2) is 9.07. The smallest absolute Gasteiger partial charge is 0.257 e. The number of benzene rings is 1. The minimum absolute atomic E-state index is 0.0445. The van der Waals surface area contributed by atoms with E-state index >= 15 is 0 Å². The third kappa shape index (κ3) is 5.14. The number of amides is 2. The molecular formula is C23H24FN5O2. The number of halogens is 1. The first-order valence-electron chi connectivity index (χ1n) is 10.3. The molecule has 3 aromatic rings. The van der Waals surface area contributed by atoms with Gasteiger partial charge in [-0.3, -0.25) is 19.3 Å². The van der Waals surface area contributed by atoms with Crippen molar-refractivity contribution >= 4 is 17.5 Å². The van der Waals surface area contributed by atoms with E-state index in [-0.39, 0.29) is 30.1 Å². The number of nitrogens with one attached hydrogen (secondary N) is 1. The molecule has 8 heteroatoms. The quantitative estimate of drug-likeness (QED) is 0.685. The first-order valence-corrected chi connectivity index (χ1v) is 10.3. The van der Waals surface area contributed by atoms with Gasteiger partial charge in [0.05, 0.1) is 11.8 Å². The van der Waals surface area contributed by atoms with E-state index < -0.39 is 0 Å². The highest BCUT2D eigenvalue weighted by atomic mass is 19.1. The van der Waals surface area contributed by atoms with Crippen molar-refractivity contribution < 1.29 is 14.0 Å². The summed E-state index contributed by atoms with van der Waals surface area (Å²) in [6, 6.07) is 9.17. The number of carbonyl (C=O) groups is 2. The maximum Gasteiger partial charge on any atom is 0.257 e. The van der Waals surface area contributed by atoms with E-state index in [9.17, 15) is 14.0 Å². The van der Waals surface area contributed by atoms with Crippen LogP contribution in [0.15, 0.2) is 55.0 Å². The molecule has 0 radical (unpaired) electrons. The molecular weight excluding hydrogens is 397 g/mol. The summed E-state index contributed by atoms with van der Waals surface area (Å²) < 4.78 is 14.7. The van der Waals surface area contributed by atoms with Crippen LogP contribution in [0.2, 0.25) is 0 Å². The van der Waals surface area contributed by atoms with Crippen LogP contribution in [0.25, 0.3) is 0 Å². The van der Waals surface area contributed by atoms with Gasteiger partial charge in [0, 0.05) is 42.8 Å². The van der Waals surface area contributed by atoms with Gasteiger partial charge in [0.15, 0.2) is 0 Å². The summed E-state index contributed by atoms with van der Waals surface area (Å²) in [6.07, 6.45) is 6.99. The Bertz CT molecular complexity index is 1060. The number of rotatable bonds is 5. The van der Waals surface area contributed by atoms with Gasteiger partial charge in [-0.05, 0) is 61.7 Å². The lowest BCUT2D eigenvalue weighted by molar-refractivity contribution is -0.133. The molecule has 160 valence electrons. The van der Waals surface area contributed by atoms with Gasteiger partial charge >= 0.3 is 0 Å². The minimum Gasteiger partial charge on any atom is -0.340 e. The molecule has 0 aliphatic carbocycles. The van der Waals surface area contributed by atoms with E-state index in [0.29, 0.717) is 17.8 Å². The number of aryl methyl sites for hydroxylation is 1. The van der Waals surface area contributed by atoms with E-state index in [1.165, 1.54) is 24.3 Å². The number of aromatic nitrogens is 3. The van der Waals surface area contributed by atoms with Crippen LogP contribution >= 0.6 is 0 Å². The van der Waals surface area contributed by atoms with Gasteiger partial charge in [-0.15, -0.1) is 0 Å². The molecule has 7 nitrogen and oxygen atoms in total. The van der Waals surface area contributed by atoms with Crippen molar-refractivity contribution in [2.75, 3.05) is 18.4 Å². The molecule has 1 aliphatic heterocycles. The van der Waals surface area contributed by atoms with Crippen molar-refractivity contribution in [1.29, 1.82) is 0 Å². The van der Waals surface area contributed by atoms with Gasteiger partial charge in [-0.2, -0.15) is 5.10 Å². The number of nitrogens with zero attached hydrogens (tertiary/aromatic N) is 4. The first kappa shape index (κ1) is 20.7. The predicted molar refractivity (Wildman–Crippen MR) is 114 cm³/mol. The molecule has 1 atom stereocenters. The lowest BCUT2D eigenvalue weighted by Crippen LogP contribution is -2.41. The van der Waals surface area contributed by atoms with Crippen LogP contribution in [0.1, 0.15) is 40.4 Å². The third-order valence-corrected chi connectivity index (χ3v) is 5.40. The van der Waals surface area contributed by atoms with Gasteiger partial charge in [0.2, 0.25) is 5.91 Å². The second-order valence-corrected chi connectivity index (χ2v) is 7.83. The van der Waals surface area contributed by atoms with E-state index in [2.05, 4.69) is 15.4 Å². The Kier molecular flexibility index (Phi) is 6.06. The van der Waals surface area contributed by atoms with E-state index in [1.54, 1.807) is 23.1 Å². The summed E-state index contributed by atoms with van der Waals surface area (Å²) in [6.45, 7) is 3.51. The molecule has 1 saturated heterocycles. The van der Waals surface area contributed by atoms with Crippen LogP contribution < -0.4 is 5.32 Å². The second-order valence-electron chi connectivity index (χ2n) is 7.83. The fraction of sp³-hybridized carbons (Fsp3) is 0.304. The van der Waals surface area contributed by atoms with Gasteiger partial charge in [-0.25, -0.2) is 4.39 Å². The Labute approximate surface area is 179 Å². The summed E-state index contributed by atoms with van der Waals surface area (Å²) in [4.78, 5) is 31.4. The van der Waals surface area contributed by atoms with Crippen LogP contribution in [0.5, 0.6) is 0 Å². The van der Waals surface area contributed by atoms with Crippen molar-refractivity contribution in [3.05, 3.63) is 77.6 Å². The topological polar surface area (TPSA) is 80.1 Å². The van der Waals surface area contributed by atoms with Crippen LogP contribution in [-0.4, -0.2) is 44.6 Å². The van der Waals surface area contributed by atoms with Crippen molar-refractivity contribution in [2.45, 2.75) is 32.2 Å². The Morgan fingerprint density at radius 3 is 2.65 bits per heavy atom. The fourth-order valence-corrected chi connectivity index (χ4v) is 3.75. The zero-order valence-corrected chi connectivity index (χ0v) is 17.3. The summed E-state index contributed by atoms with van der Waals surface area (Å²) in [7, 11) is 0. The molecule has 0 bridgehead atoms. The van der Waals surface area contributed by atoms with Crippen molar-refractivity contribution in [1.82, 2.24) is 19.7 Å². The molecule has 2 amide bonds. The number of carbonyl (C=O) groups excluding carboxylic acids is 2. The minimum atomic E-state index is -0.358. The predicted octanol–water partition coefficient (Wildman–Crippen LogP) is 3.38. The SMILES string of the molecule is Cc1cnn(CC(=O)N2CCC[C@@H](c3ccc(C(=O)Nc4ccc(F)cc4)cn3)C2)c1. The number of hydrogen-bond donors (Lipinski definition) is 1. The number of hydrogen-bond acceptors (Lipinski definition) is 4. The summed E-state index contributed by atoms with van der Waals surface area (Å²) in [5.74, 6) is -0.487. The molecule has 0 unspecified atom stereocenters. The summed E-state index contributed by atoms with van der Waals surface area (Å²) in [5, 5.41) is 6.91. The average Bonchev–Trinajstić information content (AvgIpc) is 3.20. The van der Waals surface area contributed by atoms with Crippen LogP contribution in [0, 0.1) is 12.7 Å². The van der Waals surface area contributed by atoms with Gasteiger partial charge in [0.1, 0.15) is 12.4 Å². The zero-order chi connectivity index (χ0) is 21.8. The molecule has 0 spiro atoms. The molecule has 4 rings (SSSR count). The van der Waals surface area contributed by atoms with Gasteiger partial charge in [-0.1, -0.05) is 0 Å². The van der Waals surface area contributed by atoms with E-state index in [1.807, 2.05) is 24.1 Å². The highest BCUT2D eigenvalue weighted by Crippen LogP contribution is 2.26. The molecule has 1 N–H and O–H groups in total. The van der Waals surface area contributed by atoms with Crippen molar-refractivity contribution in [3.63, 3.8) is 0 Å². The highest BCUT2D eigenvalue weighted by Gasteiger charge is 2.26. The molecule has 0 saturated carbocycles. The molecule has 2 aromatic heterocycles. The molecule has 1 aromatic carbocycles. The fourth-order valence-electron chi connectivity index (χ4n) is 3.75. The molecule has 3 heterocycles. The summed E-state index contributed by atoms with van der Waals surface area (Å²) in [5.41, 5.74) is 2.83. The van der Waals surface area contributed by atoms with Gasteiger partial charge < -0.3 is 10.2 Å². The monoisotopic (exact) mass is 421 g/mol. The Balaban J connectivity index is 1.37. The Morgan fingerprint density at radius 2 is 1.97 bits per heavy atom. The molecule has 31 heavy (non-hydrogen) atoms. The highest BCUT2D eigenvalue weighted by molar-refractivity contribution is 6.04. The maximum absolute atomic E-state index is 13.0. The lowest BCUT2D eigenvalue weighted by atomic mass is 9.94. The van der Waals surface area contributed by atoms with Crippen molar-refractivity contribution in [2.24, 2.45) is 0 Å². The summed E-state index contributed by atoms with van der Waals surface area (Å²) >= 11 is 0. The van der Waals surface area contributed by atoms with Crippen LogP contribution in [0.4, 0.5) is 10.1 Å². The number of pyridine rings is 1. The van der Waals surface area contributed by atoms with Crippen LogP contribution in [0.3, 0.4) is 0 Å². The van der Waals surface area contributed by atoms with Crippen molar-refractivity contribution in [3.8, 4) is 0 Å². The largest absolute Gasteiger partial charge is 0.340 e. The lowest BCUT2D eigenvalue weighted by Gasteiger charge is -2.32. The molecule has 1 fully saturated rings. The zero-order valence-electron chi connectivity index (χ0n) is 17.3. The average molecular weight is 421 g/mol. The maximum atomic E-state index is 13.0. The Morgan fingerprint density at radius 1 is 1.16 bits per heavy atom. The van der Waals surface area contributed by atoms with Gasteiger partial charge in [0.25, 0.3) is 5.91 Å². The normalized spacial score (nSPS) is 16.2. The number of likely N-dealkylation sites (tertiary alicyclic amines) is 1.